The molecule has 228 valence electrons. The van der Waals surface area contributed by atoms with Crippen molar-refractivity contribution < 1.29 is 19.1 Å². The number of aromatic nitrogens is 4. The third kappa shape index (κ3) is 6.40. The van der Waals surface area contributed by atoms with E-state index in [0.717, 1.165) is 58.9 Å². The van der Waals surface area contributed by atoms with Gasteiger partial charge in [0.25, 0.3) is 0 Å². The number of aliphatic hydroxyl groups is 1. The summed E-state index contributed by atoms with van der Waals surface area (Å²) in [6.45, 7) is 3.15. The fourth-order valence-corrected chi connectivity index (χ4v) is 6.28. The van der Waals surface area contributed by atoms with Gasteiger partial charge in [0.1, 0.15) is 18.2 Å². The van der Waals surface area contributed by atoms with Crippen LogP contribution in [-0.4, -0.2) is 54.9 Å². The molecule has 0 radical (unpaired) electrons. The Bertz CT molecular complexity index is 1900. The molecule has 2 aliphatic rings. The molecule has 2 N–H and O–H groups in total. The van der Waals surface area contributed by atoms with Crippen molar-refractivity contribution in [1.82, 2.24) is 29.9 Å². The number of ether oxygens (including phenoxy) is 1. The van der Waals surface area contributed by atoms with Gasteiger partial charge in [-0.1, -0.05) is 12.1 Å². The second-order valence-corrected chi connectivity index (χ2v) is 11.9. The molecule has 0 amide bonds. The van der Waals surface area contributed by atoms with Crippen molar-refractivity contribution in [3.05, 3.63) is 105 Å². The SMILES string of the molecule is N#Cc1ccc(COc2cccc(C3CCN(Cc4nc5ccc(C6=NC(O)NO6)cc5n4Cc4cncs4)CC3)n2)c(F)c1. The summed E-state index contributed by atoms with van der Waals surface area (Å²) in [7, 11) is 0. The predicted octanol–water partition coefficient (Wildman–Crippen LogP) is 4.46. The van der Waals surface area contributed by atoms with Crippen molar-refractivity contribution in [3.63, 3.8) is 0 Å². The summed E-state index contributed by atoms with van der Waals surface area (Å²) in [4.78, 5) is 27.0. The van der Waals surface area contributed by atoms with E-state index >= 15 is 0 Å². The summed E-state index contributed by atoms with van der Waals surface area (Å²) >= 11 is 1.61. The highest BCUT2D eigenvalue weighted by molar-refractivity contribution is 7.09. The first-order valence-corrected chi connectivity index (χ1v) is 15.5. The van der Waals surface area contributed by atoms with Gasteiger partial charge in [-0.3, -0.25) is 9.88 Å². The van der Waals surface area contributed by atoms with E-state index in [1.807, 2.05) is 48.1 Å². The first kappa shape index (κ1) is 29.0. The number of halogens is 1. The van der Waals surface area contributed by atoms with E-state index in [4.69, 9.17) is 24.8 Å². The van der Waals surface area contributed by atoms with E-state index in [2.05, 4.69) is 24.9 Å². The molecule has 2 aliphatic heterocycles. The van der Waals surface area contributed by atoms with Gasteiger partial charge in [0.05, 0.1) is 41.3 Å². The number of benzene rings is 2. The monoisotopic (exact) mass is 624 g/mol. The molecule has 1 fully saturated rings. The van der Waals surface area contributed by atoms with Crippen LogP contribution in [0.1, 0.15) is 51.8 Å². The number of fused-ring (bicyclic) bond motifs is 1. The molecule has 0 saturated carbocycles. The van der Waals surface area contributed by atoms with Gasteiger partial charge >= 0.3 is 0 Å². The third-order valence-corrected chi connectivity index (χ3v) is 8.81. The van der Waals surface area contributed by atoms with Gasteiger partial charge in [-0.15, -0.1) is 16.8 Å². The van der Waals surface area contributed by atoms with Crippen molar-refractivity contribution in [1.29, 1.82) is 5.26 Å². The zero-order valence-electron chi connectivity index (χ0n) is 24.1. The normalized spacial score (nSPS) is 17.3. The highest BCUT2D eigenvalue weighted by atomic mass is 32.1. The van der Waals surface area contributed by atoms with Crippen LogP contribution in [0.15, 0.2) is 71.3 Å². The van der Waals surface area contributed by atoms with Crippen molar-refractivity contribution in [3.8, 4) is 11.9 Å². The molecule has 0 aliphatic carbocycles. The maximum absolute atomic E-state index is 14.3. The third-order valence-electron chi connectivity index (χ3n) is 8.05. The number of piperidine rings is 1. The molecule has 0 bridgehead atoms. The Balaban J connectivity index is 1.03. The van der Waals surface area contributed by atoms with Gasteiger partial charge in [0.2, 0.25) is 18.1 Å². The lowest BCUT2D eigenvalue weighted by atomic mass is 9.93. The number of thiazole rings is 1. The van der Waals surface area contributed by atoms with Gasteiger partial charge in [0, 0.05) is 39.9 Å². The number of nitrogens with zero attached hydrogens (tertiary/aromatic N) is 7. The number of likely N-dealkylation sites (tertiary alicyclic amines) is 1. The van der Waals surface area contributed by atoms with E-state index < -0.39 is 12.2 Å². The summed E-state index contributed by atoms with van der Waals surface area (Å²) in [6.07, 6.45) is 2.67. The molecule has 1 unspecified atom stereocenters. The second kappa shape index (κ2) is 12.7. The van der Waals surface area contributed by atoms with Crippen LogP contribution in [0.3, 0.4) is 0 Å². The van der Waals surface area contributed by atoms with Crippen LogP contribution in [0, 0.1) is 17.1 Å². The topological polar surface area (TPSA) is 134 Å². The standard InChI is InChI=1S/C32H29FN8O3S/c33-25-12-20(14-34)4-5-23(25)18-43-30-3-1-2-26(37-30)21-8-10-40(11-9-21)17-29-36-27-7-6-22(31-38-32(42)39-44-31)13-28(27)41(29)16-24-15-35-19-45-24/h1-7,12-13,15,19,21,32,39,42H,8-11,16-18H2. The Hall–Kier alpha value is -4.74. The highest BCUT2D eigenvalue weighted by Crippen LogP contribution is 2.30. The predicted molar refractivity (Wildman–Crippen MR) is 165 cm³/mol. The molecule has 7 rings (SSSR count). The number of nitrogens with one attached hydrogen (secondary N) is 1. The minimum atomic E-state index is -1.08. The lowest BCUT2D eigenvalue weighted by Crippen LogP contribution is -2.33. The molecule has 1 saturated heterocycles. The number of rotatable bonds is 9. The van der Waals surface area contributed by atoms with Gasteiger partial charge in [-0.05, 0) is 62.3 Å². The molecular formula is C32H29FN8O3S. The summed E-state index contributed by atoms with van der Waals surface area (Å²) in [5, 5.41) is 18.7. The smallest absolute Gasteiger partial charge is 0.244 e. The van der Waals surface area contributed by atoms with Gasteiger partial charge < -0.3 is 19.2 Å². The van der Waals surface area contributed by atoms with Crippen LogP contribution in [-0.2, 0) is 24.5 Å². The summed E-state index contributed by atoms with van der Waals surface area (Å²) < 4.78 is 22.3. The van der Waals surface area contributed by atoms with Crippen LogP contribution < -0.4 is 10.2 Å². The Kier molecular flexibility index (Phi) is 8.19. The zero-order chi connectivity index (χ0) is 30.8. The van der Waals surface area contributed by atoms with Gasteiger partial charge in [-0.2, -0.15) is 10.3 Å². The fourth-order valence-electron chi connectivity index (χ4n) is 5.70. The van der Waals surface area contributed by atoms with Gasteiger partial charge in [-0.25, -0.2) is 14.4 Å². The minimum Gasteiger partial charge on any atom is -0.473 e. The number of nitriles is 1. The molecule has 5 heterocycles. The van der Waals surface area contributed by atoms with E-state index in [0.29, 0.717) is 30.4 Å². The number of hydrogen-bond donors (Lipinski definition) is 2. The molecule has 45 heavy (non-hydrogen) atoms. The molecule has 0 spiro atoms. The molecular weight excluding hydrogens is 595 g/mol. The number of imidazole rings is 1. The molecule has 5 aromatic rings. The number of hydroxylamine groups is 1. The van der Waals surface area contributed by atoms with Crippen LogP contribution in [0.25, 0.3) is 11.0 Å². The molecule has 11 nitrogen and oxygen atoms in total. The minimum absolute atomic E-state index is 0.0381. The molecule has 13 heteroatoms. The number of aliphatic imine (C=N–C) groups is 1. The summed E-state index contributed by atoms with van der Waals surface area (Å²) in [6, 6.07) is 17.9. The van der Waals surface area contributed by atoms with Gasteiger partial charge in [0.15, 0.2) is 0 Å². The first-order chi connectivity index (χ1) is 22.0. The average Bonchev–Trinajstić information content (AvgIpc) is 3.82. The lowest BCUT2D eigenvalue weighted by Gasteiger charge is -2.31. The van der Waals surface area contributed by atoms with E-state index in [1.165, 1.54) is 6.07 Å². The number of hydrogen-bond acceptors (Lipinski definition) is 11. The molecule has 2 aromatic carbocycles. The maximum Gasteiger partial charge on any atom is 0.244 e. The Morgan fingerprint density at radius 3 is 2.76 bits per heavy atom. The highest BCUT2D eigenvalue weighted by Gasteiger charge is 2.25. The number of aliphatic hydroxyl groups excluding tert-OH is 1. The number of pyridine rings is 1. The van der Waals surface area contributed by atoms with Crippen molar-refractivity contribution >= 4 is 28.3 Å². The lowest BCUT2D eigenvalue weighted by molar-refractivity contribution is 0.0495. The van der Waals surface area contributed by atoms with Crippen LogP contribution in [0.5, 0.6) is 5.88 Å². The van der Waals surface area contributed by atoms with Crippen LogP contribution in [0.4, 0.5) is 4.39 Å². The summed E-state index contributed by atoms with van der Waals surface area (Å²) in [5.74, 6) is 1.57. The Morgan fingerprint density at radius 2 is 2.00 bits per heavy atom. The Morgan fingerprint density at radius 1 is 1.11 bits per heavy atom. The maximum atomic E-state index is 14.3. The van der Waals surface area contributed by atoms with Crippen molar-refractivity contribution in [2.75, 3.05) is 13.1 Å². The van der Waals surface area contributed by atoms with E-state index in [-0.39, 0.29) is 18.1 Å². The van der Waals surface area contributed by atoms with Crippen molar-refractivity contribution in [2.45, 2.75) is 44.8 Å². The van der Waals surface area contributed by atoms with Crippen LogP contribution in [0.2, 0.25) is 0 Å². The average molecular weight is 625 g/mol. The quantitative estimate of drug-likeness (QED) is 0.244. The van der Waals surface area contributed by atoms with E-state index in [9.17, 15) is 9.50 Å². The second-order valence-electron chi connectivity index (χ2n) is 11.0. The van der Waals surface area contributed by atoms with Crippen molar-refractivity contribution in [2.24, 2.45) is 4.99 Å². The first-order valence-electron chi connectivity index (χ1n) is 14.6. The zero-order valence-corrected chi connectivity index (χ0v) is 25.0. The largest absolute Gasteiger partial charge is 0.473 e. The van der Waals surface area contributed by atoms with Crippen LogP contribution >= 0.6 is 11.3 Å². The van der Waals surface area contributed by atoms with E-state index in [1.54, 1.807) is 29.5 Å². The summed E-state index contributed by atoms with van der Waals surface area (Å²) in [5.41, 5.74) is 8.49. The molecule has 1 atom stereocenters. The fraction of sp³-hybridized carbons (Fsp3) is 0.281. The molecule has 3 aromatic heterocycles. The Labute approximate surface area is 262 Å².